The number of phosphoric ester groups is 1. The fraction of sp³-hybridized carbons (Fsp3) is 0.796. The third-order valence-corrected chi connectivity index (χ3v) is 12.5. The summed E-state index contributed by atoms with van der Waals surface area (Å²) in [5.41, 5.74) is 0. The average molecular weight is 906 g/mol. The lowest BCUT2D eigenvalue weighted by molar-refractivity contribution is -0.870. The number of carbonyl (C=O) groups excluding carboxylic acids is 1. The number of likely N-dealkylation sites (N-methyl/N-ethyl adjacent to an activating group) is 1. The Balaban J connectivity index is 3.91. The summed E-state index contributed by atoms with van der Waals surface area (Å²) in [6.45, 7) is 4.66. The first-order valence-corrected chi connectivity index (χ1v) is 27.7. The molecule has 1 amide bonds. The molecule has 0 fully saturated rings. The zero-order chi connectivity index (χ0) is 46.4. The molecule has 8 nitrogen and oxygen atoms in total. The summed E-state index contributed by atoms with van der Waals surface area (Å²) in [4.78, 5) is 23.1. The normalized spacial score (nSPS) is 14.6. The molecule has 0 spiro atoms. The van der Waals surface area contributed by atoms with Crippen molar-refractivity contribution in [3.63, 3.8) is 0 Å². The number of rotatable bonds is 47. The number of carbonyl (C=O) groups is 1. The number of hydrogen-bond acceptors (Lipinski definition) is 5. The molecule has 0 aliphatic heterocycles. The number of unbranched alkanes of at least 4 members (excludes halogenated alkanes) is 26. The highest BCUT2D eigenvalue weighted by Crippen LogP contribution is 2.43. The van der Waals surface area contributed by atoms with Gasteiger partial charge in [0.05, 0.1) is 39.9 Å². The molecule has 0 saturated carbocycles. The maximum absolute atomic E-state index is 12.9. The molecule has 0 aliphatic rings. The Morgan fingerprint density at radius 3 is 1.40 bits per heavy atom. The second kappa shape index (κ2) is 45.4. The van der Waals surface area contributed by atoms with Crippen molar-refractivity contribution >= 4 is 13.7 Å². The van der Waals surface area contributed by atoms with Gasteiger partial charge in [0.15, 0.2) is 0 Å². The van der Waals surface area contributed by atoms with Gasteiger partial charge >= 0.3 is 7.82 Å². The van der Waals surface area contributed by atoms with Crippen molar-refractivity contribution < 1.29 is 32.9 Å². The molecule has 0 saturated heterocycles. The molecular weight excluding hydrogens is 804 g/mol. The minimum absolute atomic E-state index is 0.0611. The van der Waals surface area contributed by atoms with E-state index >= 15 is 0 Å². The van der Waals surface area contributed by atoms with E-state index in [9.17, 15) is 19.4 Å². The summed E-state index contributed by atoms with van der Waals surface area (Å²) in [6.07, 6.45) is 60.6. The van der Waals surface area contributed by atoms with Crippen molar-refractivity contribution in [3.8, 4) is 0 Å². The van der Waals surface area contributed by atoms with Gasteiger partial charge in [-0.2, -0.15) is 0 Å². The standard InChI is InChI=1S/C54H101N2O6P/c1-6-8-10-12-14-16-17-18-19-20-21-22-23-24-25-26-27-28-29-30-31-32-33-34-35-36-37-38-39-40-42-44-46-48-54(58)55-52(51-62-63(59,60)61-50-49-56(3,4)5)53(57)47-45-43-41-15-13-11-9-7-2/h8,10,14,16,18-19,21-22,45,47,52-53,57H,6-7,9,11-13,15,17,20,23-44,46,48-51H2,1-5H3,(H-,55,58,59,60)/p+1/b10-8-,16-14-,19-18-,22-21-,47-45+. The highest BCUT2D eigenvalue weighted by atomic mass is 31.2. The van der Waals surface area contributed by atoms with Gasteiger partial charge < -0.3 is 19.8 Å². The lowest BCUT2D eigenvalue weighted by Crippen LogP contribution is -2.45. The summed E-state index contributed by atoms with van der Waals surface area (Å²) < 4.78 is 23.5. The van der Waals surface area contributed by atoms with Crippen LogP contribution in [0.1, 0.15) is 226 Å². The Labute approximate surface area is 390 Å². The molecular formula is C54H102N2O6P+. The minimum atomic E-state index is -4.33. The Hall–Kier alpha value is -1.80. The zero-order valence-electron chi connectivity index (χ0n) is 41.8. The first-order valence-electron chi connectivity index (χ1n) is 26.2. The third-order valence-electron chi connectivity index (χ3n) is 11.5. The van der Waals surface area contributed by atoms with Gasteiger partial charge in [-0.1, -0.05) is 222 Å². The molecule has 3 N–H and O–H groups in total. The van der Waals surface area contributed by atoms with Crippen LogP contribution in [0.4, 0.5) is 0 Å². The number of nitrogens with one attached hydrogen (secondary N) is 1. The molecule has 3 atom stereocenters. The Bertz CT molecular complexity index is 1210. The van der Waals surface area contributed by atoms with Gasteiger partial charge in [0.1, 0.15) is 13.2 Å². The van der Waals surface area contributed by atoms with Gasteiger partial charge in [-0.05, 0) is 57.8 Å². The summed E-state index contributed by atoms with van der Waals surface area (Å²) in [5.74, 6) is -0.180. The van der Waals surface area contributed by atoms with Crippen LogP contribution in [0, 0.1) is 0 Å². The van der Waals surface area contributed by atoms with E-state index in [2.05, 4.69) is 67.8 Å². The van der Waals surface area contributed by atoms with E-state index in [-0.39, 0.29) is 19.1 Å². The predicted octanol–water partition coefficient (Wildman–Crippen LogP) is 15.4. The molecule has 0 aromatic rings. The van der Waals surface area contributed by atoms with E-state index < -0.39 is 20.0 Å². The predicted molar refractivity (Wildman–Crippen MR) is 272 cm³/mol. The van der Waals surface area contributed by atoms with Gasteiger partial charge in [0.25, 0.3) is 0 Å². The summed E-state index contributed by atoms with van der Waals surface area (Å²) in [5, 5.41) is 13.8. The Kier molecular flexibility index (Phi) is 44.1. The number of quaternary nitrogens is 1. The smallest absolute Gasteiger partial charge is 0.387 e. The molecule has 9 heteroatoms. The van der Waals surface area contributed by atoms with Crippen molar-refractivity contribution in [1.82, 2.24) is 5.32 Å². The van der Waals surface area contributed by atoms with Crippen LogP contribution in [0.5, 0.6) is 0 Å². The Morgan fingerprint density at radius 1 is 0.556 bits per heavy atom. The first kappa shape index (κ1) is 61.2. The molecule has 0 aliphatic carbocycles. The second-order valence-electron chi connectivity index (χ2n) is 18.9. The van der Waals surface area contributed by atoms with Crippen molar-refractivity contribution in [2.75, 3.05) is 40.9 Å². The largest absolute Gasteiger partial charge is 0.472 e. The van der Waals surface area contributed by atoms with E-state index in [0.717, 1.165) is 64.2 Å². The maximum atomic E-state index is 12.9. The van der Waals surface area contributed by atoms with Gasteiger partial charge in [0.2, 0.25) is 5.91 Å². The fourth-order valence-electron chi connectivity index (χ4n) is 7.39. The second-order valence-corrected chi connectivity index (χ2v) is 20.3. The third kappa shape index (κ3) is 48.0. The van der Waals surface area contributed by atoms with Crippen LogP contribution in [0.3, 0.4) is 0 Å². The van der Waals surface area contributed by atoms with Crippen molar-refractivity contribution in [2.24, 2.45) is 0 Å². The van der Waals surface area contributed by atoms with Crippen LogP contribution >= 0.6 is 7.82 Å². The quantitative estimate of drug-likeness (QED) is 0.0243. The number of phosphoric acid groups is 1. The lowest BCUT2D eigenvalue weighted by atomic mass is 10.0. The molecule has 0 radical (unpaired) electrons. The zero-order valence-corrected chi connectivity index (χ0v) is 42.7. The lowest BCUT2D eigenvalue weighted by Gasteiger charge is -2.25. The van der Waals surface area contributed by atoms with Crippen molar-refractivity contribution in [1.29, 1.82) is 0 Å². The van der Waals surface area contributed by atoms with E-state index in [1.807, 2.05) is 27.2 Å². The highest BCUT2D eigenvalue weighted by Gasteiger charge is 2.27. The van der Waals surface area contributed by atoms with Gasteiger partial charge in [-0.25, -0.2) is 4.57 Å². The fourth-order valence-corrected chi connectivity index (χ4v) is 8.12. The Morgan fingerprint density at radius 2 is 0.952 bits per heavy atom. The van der Waals surface area contributed by atoms with Gasteiger partial charge in [0, 0.05) is 6.42 Å². The average Bonchev–Trinajstić information content (AvgIpc) is 3.24. The van der Waals surface area contributed by atoms with Crippen LogP contribution < -0.4 is 5.32 Å². The molecule has 0 aromatic heterocycles. The van der Waals surface area contributed by atoms with E-state index in [1.54, 1.807) is 6.08 Å². The number of allylic oxidation sites excluding steroid dienone is 9. The molecule has 368 valence electrons. The summed E-state index contributed by atoms with van der Waals surface area (Å²) in [6, 6.07) is -0.843. The molecule has 0 heterocycles. The first-order chi connectivity index (χ1) is 30.5. The van der Waals surface area contributed by atoms with E-state index in [0.29, 0.717) is 17.4 Å². The molecule has 63 heavy (non-hydrogen) atoms. The maximum Gasteiger partial charge on any atom is 0.472 e. The number of amides is 1. The summed E-state index contributed by atoms with van der Waals surface area (Å²) in [7, 11) is 1.57. The summed E-state index contributed by atoms with van der Waals surface area (Å²) >= 11 is 0. The van der Waals surface area contributed by atoms with Crippen molar-refractivity contribution in [3.05, 3.63) is 60.8 Å². The van der Waals surface area contributed by atoms with Crippen LogP contribution in [0.15, 0.2) is 60.8 Å². The topological polar surface area (TPSA) is 105 Å². The van der Waals surface area contributed by atoms with Gasteiger partial charge in [-0.15, -0.1) is 0 Å². The monoisotopic (exact) mass is 906 g/mol. The van der Waals surface area contributed by atoms with Crippen LogP contribution in [0.2, 0.25) is 0 Å². The molecule has 0 aromatic carbocycles. The number of nitrogens with zero attached hydrogens (tertiary/aromatic N) is 1. The number of hydrogen-bond donors (Lipinski definition) is 3. The molecule has 0 bridgehead atoms. The number of aliphatic hydroxyl groups excluding tert-OH is 1. The SMILES string of the molecule is CC/C=C\C/C=C\C/C=C\C/C=C\CCCCCCCCCCCCCCCCCCCCCCC(=O)NC(COP(=O)(O)OCC[N+](C)(C)C)C(O)/C=C/CCCCCCCC. The number of aliphatic hydroxyl groups is 1. The van der Waals surface area contributed by atoms with Crippen molar-refractivity contribution in [2.45, 2.75) is 238 Å². The van der Waals surface area contributed by atoms with E-state index in [1.165, 1.54) is 141 Å². The molecule has 3 unspecified atom stereocenters. The van der Waals surface area contributed by atoms with Gasteiger partial charge in [-0.3, -0.25) is 13.8 Å². The molecule has 0 rings (SSSR count). The highest BCUT2D eigenvalue weighted by molar-refractivity contribution is 7.47. The van der Waals surface area contributed by atoms with Crippen LogP contribution in [-0.4, -0.2) is 73.4 Å². The van der Waals surface area contributed by atoms with Crippen LogP contribution in [0.25, 0.3) is 0 Å². The van der Waals surface area contributed by atoms with Crippen LogP contribution in [-0.2, 0) is 18.4 Å². The minimum Gasteiger partial charge on any atom is -0.387 e. The van der Waals surface area contributed by atoms with E-state index in [4.69, 9.17) is 9.05 Å².